The number of nitriles is 1. The SMILES string of the molecule is N#Cc1cc(S(=O)(=O)N2CCN(c3ccc(C4CC4)nn3)CC2)ccc1F. The summed E-state index contributed by atoms with van der Waals surface area (Å²) in [6.45, 7) is 1.55. The molecule has 0 unspecified atom stereocenters. The summed E-state index contributed by atoms with van der Waals surface area (Å²) in [6, 6.07) is 8.89. The standard InChI is InChI=1S/C18H18FN5O2S/c19-16-4-3-15(11-14(16)12-20)27(25,26)24-9-7-23(8-10-24)18-6-5-17(21-22-18)13-1-2-13/h3-6,11,13H,1-2,7-10H2. The van der Waals surface area contributed by atoms with Crippen molar-refractivity contribution in [1.29, 1.82) is 5.26 Å². The molecule has 2 aromatic rings. The van der Waals surface area contributed by atoms with Crippen LogP contribution in [0.3, 0.4) is 0 Å². The summed E-state index contributed by atoms with van der Waals surface area (Å²) in [5, 5.41) is 17.5. The van der Waals surface area contributed by atoms with E-state index in [1.165, 1.54) is 23.2 Å². The average Bonchev–Trinajstić information content (AvgIpc) is 3.54. The first-order valence-corrected chi connectivity index (χ1v) is 10.2. The fourth-order valence-electron chi connectivity index (χ4n) is 3.16. The van der Waals surface area contributed by atoms with Gasteiger partial charge >= 0.3 is 0 Å². The minimum Gasteiger partial charge on any atom is -0.352 e. The molecule has 1 saturated carbocycles. The zero-order chi connectivity index (χ0) is 19.0. The predicted molar refractivity (Wildman–Crippen MR) is 96.1 cm³/mol. The fourth-order valence-corrected chi connectivity index (χ4v) is 4.61. The van der Waals surface area contributed by atoms with Gasteiger partial charge in [0.05, 0.1) is 16.2 Å². The first-order valence-electron chi connectivity index (χ1n) is 8.77. The highest BCUT2D eigenvalue weighted by atomic mass is 32.2. The number of nitrogens with zero attached hydrogens (tertiary/aromatic N) is 5. The van der Waals surface area contributed by atoms with Crippen LogP contribution in [0.15, 0.2) is 35.2 Å². The molecule has 4 rings (SSSR count). The molecule has 1 aliphatic heterocycles. The third-order valence-corrected chi connectivity index (χ3v) is 6.82. The lowest BCUT2D eigenvalue weighted by atomic mass is 10.2. The van der Waals surface area contributed by atoms with Crippen molar-refractivity contribution in [2.45, 2.75) is 23.7 Å². The number of hydrogen-bond donors (Lipinski definition) is 0. The zero-order valence-corrected chi connectivity index (χ0v) is 15.4. The van der Waals surface area contributed by atoms with Gasteiger partial charge in [0, 0.05) is 32.1 Å². The van der Waals surface area contributed by atoms with Gasteiger partial charge in [-0.1, -0.05) is 0 Å². The summed E-state index contributed by atoms with van der Waals surface area (Å²) in [6.07, 6.45) is 2.34. The van der Waals surface area contributed by atoms with Gasteiger partial charge in [-0.25, -0.2) is 12.8 Å². The number of anilines is 1. The van der Waals surface area contributed by atoms with Crippen molar-refractivity contribution in [2.75, 3.05) is 31.1 Å². The van der Waals surface area contributed by atoms with Crippen LogP contribution in [0.4, 0.5) is 10.2 Å². The van der Waals surface area contributed by atoms with Crippen LogP contribution in [-0.2, 0) is 10.0 Å². The van der Waals surface area contributed by atoms with Crippen molar-refractivity contribution in [3.8, 4) is 6.07 Å². The van der Waals surface area contributed by atoms with Crippen molar-refractivity contribution in [1.82, 2.24) is 14.5 Å². The highest BCUT2D eigenvalue weighted by molar-refractivity contribution is 7.89. The molecule has 2 heterocycles. The van der Waals surface area contributed by atoms with Crippen LogP contribution < -0.4 is 4.90 Å². The Labute approximate surface area is 157 Å². The molecule has 0 radical (unpaired) electrons. The molecule has 140 valence electrons. The second kappa shape index (κ2) is 6.87. The van der Waals surface area contributed by atoms with Crippen molar-refractivity contribution in [3.05, 3.63) is 47.4 Å². The van der Waals surface area contributed by atoms with E-state index >= 15 is 0 Å². The van der Waals surface area contributed by atoms with Gasteiger partial charge in [-0.2, -0.15) is 14.7 Å². The van der Waals surface area contributed by atoms with E-state index in [0.29, 0.717) is 19.0 Å². The second-order valence-corrected chi connectivity index (χ2v) is 8.67. The van der Waals surface area contributed by atoms with Gasteiger partial charge in [-0.05, 0) is 43.2 Å². The maximum Gasteiger partial charge on any atom is 0.243 e. The van der Waals surface area contributed by atoms with Crippen molar-refractivity contribution >= 4 is 15.8 Å². The Morgan fingerprint density at radius 2 is 1.81 bits per heavy atom. The third kappa shape index (κ3) is 3.50. The normalized spacial score (nSPS) is 18.3. The quantitative estimate of drug-likeness (QED) is 0.796. The van der Waals surface area contributed by atoms with Gasteiger partial charge in [0.25, 0.3) is 0 Å². The Morgan fingerprint density at radius 3 is 2.41 bits per heavy atom. The number of aromatic nitrogens is 2. The van der Waals surface area contributed by atoms with Crippen molar-refractivity contribution in [3.63, 3.8) is 0 Å². The molecule has 1 aromatic carbocycles. The minimum absolute atomic E-state index is 0.0672. The molecule has 7 nitrogen and oxygen atoms in total. The first kappa shape index (κ1) is 17.8. The number of halogens is 1. The highest BCUT2D eigenvalue weighted by Crippen LogP contribution is 2.38. The van der Waals surface area contributed by atoms with E-state index in [1.54, 1.807) is 6.07 Å². The summed E-state index contributed by atoms with van der Waals surface area (Å²) in [4.78, 5) is 1.93. The van der Waals surface area contributed by atoms with E-state index in [2.05, 4.69) is 10.2 Å². The Hall–Kier alpha value is -2.57. The maximum atomic E-state index is 13.5. The van der Waals surface area contributed by atoms with Gasteiger partial charge in [0.15, 0.2) is 5.82 Å². The monoisotopic (exact) mass is 387 g/mol. The van der Waals surface area contributed by atoms with Gasteiger partial charge in [0.1, 0.15) is 11.9 Å². The summed E-state index contributed by atoms with van der Waals surface area (Å²) in [5.74, 6) is 0.557. The molecule has 2 fully saturated rings. The summed E-state index contributed by atoms with van der Waals surface area (Å²) in [5.41, 5.74) is 0.741. The molecule has 2 aliphatic rings. The molecule has 0 atom stereocenters. The minimum atomic E-state index is -3.77. The van der Waals surface area contributed by atoms with Crippen LogP contribution in [0.25, 0.3) is 0 Å². The zero-order valence-electron chi connectivity index (χ0n) is 14.5. The van der Waals surface area contributed by atoms with E-state index in [9.17, 15) is 12.8 Å². The maximum absolute atomic E-state index is 13.5. The van der Waals surface area contributed by atoms with Crippen LogP contribution >= 0.6 is 0 Å². The molecular weight excluding hydrogens is 369 g/mol. The lowest BCUT2D eigenvalue weighted by Crippen LogP contribution is -2.49. The van der Waals surface area contributed by atoms with Gasteiger partial charge in [-0.15, -0.1) is 5.10 Å². The molecule has 0 amide bonds. The largest absolute Gasteiger partial charge is 0.352 e. The summed E-state index contributed by atoms with van der Waals surface area (Å²) >= 11 is 0. The topological polar surface area (TPSA) is 90.2 Å². The summed E-state index contributed by atoms with van der Waals surface area (Å²) in [7, 11) is -3.77. The Morgan fingerprint density at radius 1 is 1.07 bits per heavy atom. The lowest BCUT2D eigenvalue weighted by Gasteiger charge is -2.34. The molecule has 0 spiro atoms. The molecule has 27 heavy (non-hydrogen) atoms. The average molecular weight is 387 g/mol. The second-order valence-electron chi connectivity index (χ2n) is 6.74. The van der Waals surface area contributed by atoms with Crippen LogP contribution in [-0.4, -0.2) is 49.1 Å². The van der Waals surface area contributed by atoms with E-state index in [4.69, 9.17) is 5.26 Å². The van der Waals surface area contributed by atoms with Crippen LogP contribution in [0.5, 0.6) is 0 Å². The molecule has 9 heteroatoms. The van der Waals surface area contributed by atoms with E-state index in [-0.39, 0.29) is 23.5 Å². The van der Waals surface area contributed by atoms with Crippen molar-refractivity contribution in [2.24, 2.45) is 0 Å². The number of sulfonamides is 1. The lowest BCUT2D eigenvalue weighted by molar-refractivity contribution is 0.383. The smallest absolute Gasteiger partial charge is 0.243 e. The van der Waals surface area contributed by atoms with Gasteiger partial charge in [-0.3, -0.25) is 0 Å². The van der Waals surface area contributed by atoms with Crippen LogP contribution in [0, 0.1) is 17.1 Å². The number of benzene rings is 1. The number of hydrogen-bond acceptors (Lipinski definition) is 6. The molecule has 1 aromatic heterocycles. The molecule has 0 bridgehead atoms. The number of piperazine rings is 1. The molecule has 1 saturated heterocycles. The van der Waals surface area contributed by atoms with Crippen LogP contribution in [0.2, 0.25) is 0 Å². The van der Waals surface area contributed by atoms with Gasteiger partial charge in [0.2, 0.25) is 10.0 Å². The van der Waals surface area contributed by atoms with E-state index in [1.807, 2.05) is 17.0 Å². The Balaban J connectivity index is 1.45. The predicted octanol–water partition coefficient (Wildman–Crippen LogP) is 1.88. The Kier molecular flexibility index (Phi) is 4.53. The number of rotatable bonds is 4. The van der Waals surface area contributed by atoms with Crippen LogP contribution in [0.1, 0.15) is 30.0 Å². The van der Waals surface area contributed by atoms with Gasteiger partial charge < -0.3 is 4.90 Å². The third-order valence-electron chi connectivity index (χ3n) is 4.93. The highest BCUT2D eigenvalue weighted by Gasteiger charge is 2.30. The first-order chi connectivity index (χ1) is 13.0. The Bertz CT molecular complexity index is 991. The summed E-state index contributed by atoms with van der Waals surface area (Å²) < 4.78 is 40.4. The molecule has 0 N–H and O–H groups in total. The molecular formula is C18H18FN5O2S. The molecule has 1 aliphatic carbocycles. The van der Waals surface area contributed by atoms with E-state index < -0.39 is 15.8 Å². The van der Waals surface area contributed by atoms with Crippen molar-refractivity contribution < 1.29 is 12.8 Å². The fraction of sp³-hybridized carbons (Fsp3) is 0.389. The van der Waals surface area contributed by atoms with E-state index in [0.717, 1.165) is 23.6 Å².